The Labute approximate surface area is 264 Å². The van der Waals surface area contributed by atoms with Gasteiger partial charge in [-0.2, -0.15) is 0 Å². The quantitative estimate of drug-likeness (QED) is 0.124. The number of anilines is 1. The number of ether oxygens (including phenoxy) is 4. The molecule has 1 aliphatic heterocycles. The van der Waals surface area contributed by atoms with Crippen molar-refractivity contribution in [2.24, 2.45) is 5.92 Å². The summed E-state index contributed by atoms with van der Waals surface area (Å²) in [5, 5.41) is 0.735. The minimum atomic E-state index is -5.11. The lowest BCUT2D eigenvalue weighted by Crippen LogP contribution is -2.35. The predicted octanol–water partition coefficient (Wildman–Crippen LogP) is 7.38. The number of methoxy groups -OCH3 is 1. The Bertz CT molecular complexity index is 1790. The van der Waals surface area contributed by atoms with Gasteiger partial charge in [0.05, 0.1) is 24.9 Å². The molecule has 246 valence electrons. The smallest absolute Gasteiger partial charge is 0.493 e. The van der Waals surface area contributed by atoms with Crippen LogP contribution in [0.2, 0.25) is 0 Å². The van der Waals surface area contributed by atoms with Gasteiger partial charge in [0.1, 0.15) is 10.6 Å². The van der Waals surface area contributed by atoms with E-state index in [1.54, 1.807) is 25.3 Å². The van der Waals surface area contributed by atoms with Gasteiger partial charge in [-0.25, -0.2) is 17.8 Å². The number of fused-ring (bicyclic) bond motifs is 1. The topological polar surface area (TPSA) is 99.2 Å². The molecule has 0 amide bonds. The van der Waals surface area contributed by atoms with Gasteiger partial charge in [0.25, 0.3) is 10.0 Å². The molecule has 0 spiro atoms. The predicted molar refractivity (Wildman–Crippen MR) is 164 cm³/mol. The fourth-order valence-corrected chi connectivity index (χ4v) is 6.43. The van der Waals surface area contributed by atoms with Crippen LogP contribution in [0.4, 0.5) is 23.2 Å². The lowest BCUT2D eigenvalue weighted by Gasteiger charge is -2.30. The fourth-order valence-electron chi connectivity index (χ4n) is 5.25. The summed E-state index contributed by atoms with van der Waals surface area (Å²) in [4.78, 5) is 6.15. The van der Waals surface area contributed by atoms with Crippen LogP contribution in [0.5, 0.6) is 28.9 Å². The summed E-state index contributed by atoms with van der Waals surface area (Å²) in [6.45, 7) is 5.91. The fraction of sp³-hybridized carbons (Fsp3) is 0.344. The molecule has 0 radical (unpaired) electrons. The van der Waals surface area contributed by atoms with Crippen LogP contribution in [-0.2, 0) is 10.0 Å². The number of halogens is 4. The van der Waals surface area contributed by atoms with Crippen LogP contribution < -0.4 is 23.7 Å². The molecule has 0 aliphatic carbocycles. The van der Waals surface area contributed by atoms with Crippen LogP contribution in [0, 0.1) is 11.7 Å². The van der Waals surface area contributed by atoms with E-state index in [9.17, 15) is 21.6 Å². The van der Waals surface area contributed by atoms with Gasteiger partial charge in [-0.1, -0.05) is 19.1 Å². The van der Waals surface area contributed by atoms with E-state index in [4.69, 9.17) is 14.2 Å². The summed E-state index contributed by atoms with van der Waals surface area (Å²) in [7, 11) is -3.02. The highest BCUT2D eigenvalue weighted by Crippen LogP contribution is 2.35. The van der Waals surface area contributed by atoms with Gasteiger partial charge < -0.3 is 23.8 Å². The molecule has 9 nitrogen and oxygen atoms in total. The van der Waals surface area contributed by atoms with Gasteiger partial charge in [-0.15, -0.1) is 13.2 Å². The van der Waals surface area contributed by atoms with Crippen molar-refractivity contribution in [2.45, 2.75) is 37.4 Å². The van der Waals surface area contributed by atoms with Crippen molar-refractivity contribution in [3.8, 4) is 28.9 Å². The average Bonchev–Trinajstić information content (AvgIpc) is 2.99. The third-order valence-electron chi connectivity index (χ3n) is 7.33. The summed E-state index contributed by atoms with van der Waals surface area (Å²) in [6.07, 6.45) is -1.78. The zero-order valence-corrected chi connectivity index (χ0v) is 26.0. The minimum Gasteiger partial charge on any atom is -0.493 e. The molecule has 3 aromatic carbocycles. The van der Waals surface area contributed by atoms with E-state index in [-0.39, 0.29) is 17.3 Å². The number of nitrogens with one attached hydrogen (secondary N) is 1. The second-order valence-electron chi connectivity index (χ2n) is 10.9. The van der Waals surface area contributed by atoms with E-state index in [2.05, 4.69) is 26.3 Å². The maximum atomic E-state index is 15.0. The molecule has 1 saturated heterocycles. The standard InChI is InChI=1S/C32H33F4N3O6S/c1-21-7-5-14-39(20-21)15-6-16-43-29-19-25-22(17-28(29)42-2)10-13-31(37-25)44-26-12-11-23(18-24(26)33)38-46(40,41)30-9-4-3-8-27(30)45-32(34,35)36/h3-4,8-13,17-19,21,38H,5-7,14-16,20H2,1-2H3. The van der Waals surface area contributed by atoms with Crippen LogP contribution in [0.3, 0.4) is 0 Å². The highest BCUT2D eigenvalue weighted by molar-refractivity contribution is 7.92. The van der Waals surface area contributed by atoms with E-state index in [1.807, 2.05) is 0 Å². The maximum absolute atomic E-state index is 15.0. The van der Waals surface area contributed by atoms with Gasteiger partial charge in [0, 0.05) is 36.7 Å². The average molecular weight is 664 g/mol. The van der Waals surface area contributed by atoms with Crippen LogP contribution in [0.1, 0.15) is 26.2 Å². The molecule has 1 N–H and O–H groups in total. The van der Waals surface area contributed by atoms with Crippen molar-refractivity contribution < 1.29 is 44.9 Å². The van der Waals surface area contributed by atoms with Crippen molar-refractivity contribution in [1.82, 2.24) is 9.88 Å². The summed E-state index contributed by atoms with van der Waals surface area (Å²) in [5.41, 5.74) is 0.268. The Kier molecular flexibility index (Phi) is 10.1. The monoisotopic (exact) mass is 663 g/mol. The van der Waals surface area contributed by atoms with Crippen LogP contribution in [-0.4, -0.2) is 58.0 Å². The third kappa shape index (κ3) is 8.49. The zero-order valence-electron chi connectivity index (χ0n) is 25.1. The summed E-state index contributed by atoms with van der Waals surface area (Å²) in [6, 6.07) is 14.2. The number of alkyl halides is 3. The van der Waals surface area contributed by atoms with E-state index in [0.717, 1.165) is 49.6 Å². The van der Waals surface area contributed by atoms with Gasteiger partial charge in [-0.3, -0.25) is 4.72 Å². The van der Waals surface area contributed by atoms with E-state index in [0.29, 0.717) is 29.5 Å². The van der Waals surface area contributed by atoms with E-state index < -0.39 is 32.8 Å². The molecule has 1 aromatic heterocycles. The molecule has 0 saturated carbocycles. The Morgan fingerprint density at radius 2 is 1.80 bits per heavy atom. The number of piperidine rings is 1. The lowest BCUT2D eigenvalue weighted by molar-refractivity contribution is -0.275. The molecule has 46 heavy (non-hydrogen) atoms. The normalized spacial score (nSPS) is 15.8. The molecule has 1 unspecified atom stereocenters. The summed E-state index contributed by atoms with van der Waals surface area (Å²) >= 11 is 0. The van der Waals surface area contributed by atoms with Crippen LogP contribution >= 0.6 is 0 Å². The first-order chi connectivity index (χ1) is 21.9. The van der Waals surface area contributed by atoms with Gasteiger partial charge >= 0.3 is 6.36 Å². The van der Waals surface area contributed by atoms with Crippen molar-refractivity contribution in [3.63, 3.8) is 0 Å². The first kappa shape index (κ1) is 33.1. The maximum Gasteiger partial charge on any atom is 0.573 e. The number of para-hydroxylation sites is 1. The second-order valence-corrected chi connectivity index (χ2v) is 12.6. The Hall–Kier alpha value is -4.30. The Morgan fingerprint density at radius 1 is 1.00 bits per heavy atom. The Morgan fingerprint density at radius 3 is 2.54 bits per heavy atom. The largest absolute Gasteiger partial charge is 0.573 e. The first-order valence-electron chi connectivity index (χ1n) is 14.6. The van der Waals surface area contributed by atoms with Crippen molar-refractivity contribution >= 4 is 26.6 Å². The highest BCUT2D eigenvalue weighted by Gasteiger charge is 2.34. The molecule has 1 fully saturated rings. The number of hydrogen-bond donors (Lipinski definition) is 1. The number of rotatable bonds is 12. The molecule has 0 bridgehead atoms. The number of benzene rings is 3. The van der Waals surface area contributed by atoms with Crippen LogP contribution in [0.15, 0.2) is 71.6 Å². The molecule has 5 rings (SSSR count). The number of likely N-dealkylation sites (tertiary alicyclic amines) is 1. The molecule has 1 aliphatic rings. The Balaban J connectivity index is 1.26. The van der Waals surface area contributed by atoms with Crippen molar-refractivity contribution in [1.29, 1.82) is 0 Å². The number of pyridine rings is 1. The second kappa shape index (κ2) is 14.0. The van der Waals surface area contributed by atoms with E-state index in [1.165, 1.54) is 43.2 Å². The van der Waals surface area contributed by atoms with Gasteiger partial charge in [-0.05, 0) is 68.1 Å². The molecular formula is C32H33F4N3O6S. The number of nitrogens with zero attached hydrogens (tertiary/aromatic N) is 2. The number of hydrogen-bond acceptors (Lipinski definition) is 8. The number of sulfonamides is 1. The highest BCUT2D eigenvalue weighted by atomic mass is 32.2. The van der Waals surface area contributed by atoms with Gasteiger partial charge in [0.2, 0.25) is 5.88 Å². The summed E-state index contributed by atoms with van der Waals surface area (Å²) < 4.78 is 102. The SMILES string of the molecule is COc1cc2ccc(Oc3ccc(NS(=O)(=O)c4ccccc4OC(F)(F)F)cc3F)nc2cc1OCCCN1CCCC(C)C1. The third-order valence-corrected chi connectivity index (χ3v) is 8.75. The van der Waals surface area contributed by atoms with Crippen molar-refractivity contribution in [3.05, 3.63) is 72.5 Å². The van der Waals surface area contributed by atoms with Crippen LogP contribution in [0.25, 0.3) is 10.9 Å². The first-order valence-corrected chi connectivity index (χ1v) is 16.1. The summed E-state index contributed by atoms with van der Waals surface area (Å²) in [5.74, 6) is -0.300. The molecular weight excluding hydrogens is 630 g/mol. The minimum absolute atomic E-state index is 0.0632. The number of aromatic nitrogens is 1. The van der Waals surface area contributed by atoms with Crippen molar-refractivity contribution in [2.75, 3.05) is 38.1 Å². The molecule has 1 atom stereocenters. The molecule has 2 heterocycles. The molecule has 4 aromatic rings. The molecule has 14 heteroatoms. The lowest BCUT2D eigenvalue weighted by atomic mass is 10.0. The van der Waals surface area contributed by atoms with Gasteiger partial charge in [0.15, 0.2) is 23.1 Å². The van der Waals surface area contributed by atoms with E-state index >= 15 is 4.39 Å². The zero-order chi connectivity index (χ0) is 32.9.